The van der Waals surface area contributed by atoms with Crippen LogP contribution in [0.5, 0.6) is 0 Å². The van der Waals surface area contributed by atoms with Gasteiger partial charge < -0.3 is 5.32 Å². The second kappa shape index (κ2) is 7.46. The zero-order valence-corrected chi connectivity index (χ0v) is 12.8. The minimum atomic E-state index is 0.663. The van der Waals surface area contributed by atoms with Gasteiger partial charge in [0.25, 0.3) is 0 Å². The van der Waals surface area contributed by atoms with Crippen molar-refractivity contribution in [2.45, 2.75) is 52.6 Å². The highest BCUT2D eigenvalue weighted by atomic mass is 79.9. The van der Waals surface area contributed by atoms with Gasteiger partial charge in [-0.1, -0.05) is 27.2 Å². The maximum atomic E-state index is 3.65. The van der Waals surface area contributed by atoms with E-state index in [2.05, 4.69) is 53.5 Å². The van der Waals surface area contributed by atoms with Crippen LogP contribution >= 0.6 is 27.3 Å². The van der Waals surface area contributed by atoms with E-state index in [1.54, 1.807) is 0 Å². The van der Waals surface area contributed by atoms with Crippen LogP contribution in [0.15, 0.2) is 15.9 Å². The van der Waals surface area contributed by atoms with Crippen LogP contribution in [-0.4, -0.2) is 6.04 Å². The standard InChI is InChI=1S/C13H22BrNS/c1-4-10(3)6-12(5-2)15-8-13-7-11(14)9-16-13/h7,9-10,12,15H,4-6,8H2,1-3H3. The van der Waals surface area contributed by atoms with Gasteiger partial charge in [-0.05, 0) is 40.8 Å². The molecule has 1 N–H and O–H groups in total. The summed E-state index contributed by atoms with van der Waals surface area (Å²) in [6.45, 7) is 7.88. The maximum absolute atomic E-state index is 3.65. The summed E-state index contributed by atoms with van der Waals surface area (Å²) in [6, 6.07) is 2.86. The van der Waals surface area contributed by atoms with Crippen LogP contribution < -0.4 is 5.32 Å². The highest BCUT2D eigenvalue weighted by Crippen LogP contribution is 2.20. The van der Waals surface area contributed by atoms with Gasteiger partial charge >= 0.3 is 0 Å². The summed E-state index contributed by atoms with van der Waals surface area (Å²) in [5.41, 5.74) is 0. The molecule has 1 aromatic rings. The SMILES string of the molecule is CCC(C)CC(CC)NCc1cc(Br)cs1. The number of nitrogens with one attached hydrogen (secondary N) is 1. The zero-order chi connectivity index (χ0) is 12.0. The molecule has 1 heterocycles. The number of thiophene rings is 1. The van der Waals surface area contributed by atoms with Gasteiger partial charge in [-0.3, -0.25) is 0 Å². The van der Waals surface area contributed by atoms with Crippen LogP contribution in [0.4, 0.5) is 0 Å². The predicted molar refractivity (Wildman–Crippen MR) is 77.0 cm³/mol. The summed E-state index contributed by atoms with van der Waals surface area (Å²) in [7, 11) is 0. The normalized spacial score (nSPS) is 15.0. The third kappa shape index (κ3) is 4.98. The van der Waals surface area contributed by atoms with Crippen molar-refractivity contribution in [2.24, 2.45) is 5.92 Å². The van der Waals surface area contributed by atoms with E-state index < -0.39 is 0 Å². The quantitative estimate of drug-likeness (QED) is 0.762. The molecule has 0 aliphatic rings. The van der Waals surface area contributed by atoms with Crippen LogP contribution in [-0.2, 0) is 6.54 Å². The fourth-order valence-electron chi connectivity index (χ4n) is 1.74. The average molecular weight is 304 g/mol. The molecular formula is C13H22BrNS. The highest BCUT2D eigenvalue weighted by Gasteiger charge is 2.10. The lowest BCUT2D eigenvalue weighted by atomic mass is 9.98. The van der Waals surface area contributed by atoms with E-state index in [0.29, 0.717) is 6.04 Å². The van der Waals surface area contributed by atoms with E-state index in [9.17, 15) is 0 Å². The number of hydrogen-bond acceptors (Lipinski definition) is 2. The van der Waals surface area contributed by atoms with Crippen molar-refractivity contribution in [2.75, 3.05) is 0 Å². The first-order chi connectivity index (χ1) is 7.65. The summed E-state index contributed by atoms with van der Waals surface area (Å²) >= 11 is 5.31. The molecule has 0 saturated heterocycles. The molecule has 0 bridgehead atoms. The van der Waals surface area contributed by atoms with Gasteiger partial charge in [0.15, 0.2) is 0 Å². The maximum Gasteiger partial charge on any atom is 0.0302 e. The van der Waals surface area contributed by atoms with Crippen molar-refractivity contribution in [1.29, 1.82) is 0 Å². The largest absolute Gasteiger partial charge is 0.309 e. The molecule has 0 aliphatic carbocycles. The molecule has 1 aromatic heterocycles. The highest BCUT2D eigenvalue weighted by molar-refractivity contribution is 9.10. The summed E-state index contributed by atoms with van der Waals surface area (Å²) in [5.74, 6) is 0.826. The molecule has 0 amide bonds. The Kier molecular flexibility index (Phi) is 6.62. The zero-order valence-electron chi connectivity index (χ0n) is 10.4. The Morgan fingerprint density at radius 1 is 1.38 bits per heavy atom. The Hall–Kier alpha value is 0.140. The van der Waals surface area contributed by atoms with Crippen LogP contribution in [0.3, 0.4) is 0 Å². The van der Waals surface area contributed by atoms with E-state index >= 15 is 0 Å². The van der Waals surface area contributed by atoms with Gasteiger partial charge in [0, 0.05) is 27.3 Å². The molecule has 0 saturated carbocycles. The van der Waals surface area contributed by atoms with Crippen molar-refractivity contribution >= 4 is 27.3 Å². The molecule has 0 aromatic carbocycles. The number of hydrogen-bond donors (Lipinski definition) is 1. The number of rotatable bonds is 7. The topological polar surface area (TPSA) is 12.0 Å². The van der Waals surface area contributed by atoms with Gasteiger partial charge in [0.05, 0.1) is 0 Å². The van der Waals surface area contributed by atoms with E-state index in [4.69, 9.17) is 0 Å². The monoisotopic (exact) mass is 303 g/mol. The third-order valence-electron chi connectivity index (χ3n) is 3.06. The first-order valence-corrected chi connectivity index (χ1v) is 7.79. The Balaban J connectivity index is 2.33. The van der Waals surface area contributed by atoms with Crippen LogP contribution in [0.25, 0.3) is 0 Å². The van der Waals surface area contributed by atoms with Gasteiger partial charge in [-0.25, -0.2) is 0 Å². The van der Waals surface area contributed by atoms with Crippen molar-refractivity contribution in [3.63, 3.8) is 0 Å². The van der Waals surface area contributed by atoms with Crippen LogP contribution in [0, 0.1) is 5.92 Å². The molecule has 2 unspecified atom stereocenters. The van der Waals surface area contributed by atoms with Crippen molar-refractivity contribution in [1.82, 2.24) is 5.32 Å². The van der Waals surface area contributed by atoms with E-state index in [0.717, 1.165) is 12.5 Å². The fourth-order valence-corrected chi connectivity index (χ4v) is 3.14. The molecule has 3 heteroatoms. The van der Waals surface area contributed by atoms with E-state index in [-0.39, 0.29) is 0 Å². The molecule has 0 aliphatic heterocycles. The van der Waals surface area contributed by atoms with E-state index in [1.807, 2.05) is 11.3 Å². The lowest BCUT2D eigenvalue weighted by Gasteiger charge is -2.19. The first kappa shape index (κ1) is 14.2. The Bertz CT molecular complexity index is 298. The molecular weight excluding hydrogens is 282 g/mol. The van der Waals surface area contributed by atoms with Gasteiger partial charge in [0.2, 0.25) is 0 Å². The second-order valence-corrected chi connectivity index (χ2v) is 6.38. The summed E-state index contributed by atoms with van der Waals surface area (Å²) in [4.78, 5) is 1.41. The Labute approximate surface area is 112 Å². The minimum Gasteiger partial charge on any atom is -0.309 e. The molecule has 16 heavy (non-hydrogen) atoms. The van der Waals surface area contributed by atoms with Crippen molar-refractivity contribution in [3.05, 3.63) is 20.8 Å². The van der Waals surface area contributed by atoms with E-state index in [1.165, 1.54) is 28.6 Å². The first-order valence-electron chi connectivity index (χ1n) is 6.12. The molecule has 2 atom stereocenters. The molecule has 0 spiro atoms. The second-order valence-electron chi connectivity index (χ2n) is 4.47. The summed E-state index contributed by atoms with van der Waals surface area (Å²) < 4.78 is 1.20. The van der Waals surface area contributed by atoms with Gasteiger partial charge in [0.1, 0.15) is 0 Å². The fraction of sp³-hybridized carbons (Fsp3) is 0.692. The van der Waals surface area contributed by atoms with Crippen molar-refractivity contribution in [3.8, 4) is 0 Å². The Morgan fingerprint density at radius 3 is 2.62 bits per heavy atom. The minimum absolute atomic E-state index is 0.663. The molecule has 1 rings (SSSR count). The molecule has 1 nitrogen and oxygen atoms in total. The number of halogens is 1. The molecule has 0 fully saturated rings. The van der Waals surface area contributed by atoms with Gasteiger partial charge in [-0.2, -0.15) is 0 Å². The lowest BCUT2D eigenvalue weighted by Crippen LogP contribution is -2.29. The Morgan fingerprint density at radius 2 is 2.12 bits per heavy atom. The predicted octanol–water partition coefficient (Wildman–Crippen LogP) is 4.82. The smallest absolute Gasteiger partial charge is 0.0302 e. The summed E-state index contributed by atoms with van der Waals surface area (Å²) in [6.07, 6.45) is 3.79. The van der Waals surface area contributed by atoms with Crippen LogP contribution in [0.2, 0.25) is 0 Å². The van der Waals surface area contributed by atoms with Crippen molar-refractivity contribution < 1.29 is 0 Å². The van der Waals surface area contributed by atoms with Crippen LogP contribution in [0.1, 0.15) is 44.9 Å². The average Bonchev–Trinajstić information content (AvgIpc) is 2.69. The lowest BCUT2D eigenvalue weighted by molar-refractivity contribution is 0.385. The molecule has 92 valence electrons. The van der Waals surface area contributed by atoms with Gasteiger partial charge in [-0.15, -0.1) is 11.3 Å². The molecule has 0 radical (unpaired) electrons. The summed E-state index contributed by atoms with van der Waals surface area (Å²) in [5, 5.41) is 5.80. The third-order valence-corrected chi connectivity index (χ3v) is 4.76.